The molecule has 0 radical (unpaired) electrons. The molecule has 0 fully saturated rings. The van der Waals surface area contributed by atoms with Crippen LogP contribution < -0.4 is 11.1 Å². The summed E-state index contributed by atoms with van der Waals surface area (Å²) in [4.78, 5) is 0. The maximum atomic E-state index is 5.60. The van der Waals surface area contributed by atoms with Crippen molar-refractivity contribution in [2.75, 3.05) is 11.1 Å². The Morgan fingerprint density at radius 2 is 0.811 bits per heavy atom. The molecular formula is C48H35BrN2S2. The molecule has 0 saturated carbocycles. The van der Waals surface area contributed by atoms with Gasteiger partial charge in [0.25, 0.3) is 0 Å². The number of halogens is 1. The predicted octanol–water partition coefficient (Wildman–Crippen LogP) is 15.2. The van der Waals surface area contributed by atoms with Crippen molar-refractivity contribution in [2.24, 2.45) is 0 Å². The Morgan fingerprint density at radius 1 is 0.377 bits per heavy atom. The Kier molecular flexibility index (Phi) is 10.3. The summed E-state index contributed by atoms with van der Waals surface area (Å²) in [6.45, 7) is 0. The molecule has 2 aromatic heterocycles. The molecule has 0 aliphatic carbocycles. The van der Waals surface area contributed by atoms with Gasteiger partial charge in [-0.15, -0.1) is 22.7 Å². The smallest absolute Gasteiger partial charge is 0.0590 e. The van der Waals surface area contributed by atoms with Gasteiger partial charge in [0.05, 0.1) is 10.4 Å². The molecule has 3 N–H and O–H groups in total. The fourth-order valence-electron chi connectivity index (χ4n) is 6.40. The van der Waals surface area contributed by atoms with E-state index in [0.717, 1.165) is 17.1 Å². The zero-order chi connectivity index (χ0) is 36.0. The lowest BCUT2D eigenvalue weighted by Crippen LogP contribution is -1.90. The number of nitrogens with two attached hydrogens (primary N) is 1. The van der Waals surface area contributed by atoms with Crippen LogP contribution in [0.4, 0.5) is 17.1 Å². The first kappa shape index (κ1) is 34.4. The van der Waals surface area contributed by atoms with E-state index < -0.39 is 0 Å². The number of hydrogen-bond acceptors (Lipinski definition) is 4. The largest absolute Gasteiger partial charge is 0.399 e. The van der Waals surface area contributed by atoms with Crippen LogP contribution in [0.3, 0.4) is 0 Å². The molecule has 2 nitrogen and oxygen atoms in total. The van der Waals surface area contributed by atoms with E-state index in [-0.39, 0.29) is 0 Å². The van der Waals surface area contributed by atoms with Crippen LogP contribution in [-0.2, 0) is 0 Å². The lowest BCUT2D eigenvalue weighted by atomic mass is 10.1. The van der Waals surface area contributed by atoms with Crippen molar-refractivity contribution < 1.29 is 0 Å². The minimum Gasteiger partial charge on any atom is -0.399 e. The van der Waals surface area contributed by atoms with Crippen LogP contribution >= 0.6 is 38.6 Å². The van der Waals surface area contributed by atoms with Crippen LogP contribution in [0.5, 0.6) is 0 Å². The van der Waals surface area contributed by atoms with Crippen LogP contribution in [0, 0.1) is 0 Å². The van der Waals surface area contributed by atoms with E-state index in [9.17, 15) is 0 Å². The highest BCUT2D eigenvalue weighted by Crippen LogP contribution is 2.39. The molecule has 0 unspecified atom stereocenters. The standard InChI is InChI=1S/C24H17NS.C12H7BrS.C12H11N/c1-2-7-17(8-3-1)18-13-15-19(16-14-18)25-22-11-6-10-21-20-9-4-5-12-23(20)26-24(21)22;13-10-6-3-5-9-8-4-1-2-7-11(8)14-12(9)10;13-12-8-6-11(7-9-12)10-4-2-1-3-5-10/h1-16,25H;1-7H;1-9H,13H2. The molecule has 0 bridgehead atoms. The highest BCUT2D eigenvalue weighted by Gasteiger charge is 2.09. The van der Waals surface area contributed by atoms with E-state index in [1.807, 2.05) is 71.2 Å². The second-order valence-electron chi connectivity index (χ2n) is 12.6. The van der Waals surface area contributed by atoms with Crippen LogP contribution in [0.15, 0.2) is 199 Å². The van der Waals surface area contributed by atoms with E-state index in [1.165, 1.54) is 67.1 Å². The monoisotopic (exact) mass is 782 g/mol. The number of nitrogens with one attached hydrogen (secondary N) is 1. The topological polar surface area (TPSA) is 38.0 Å². The molecule has 5 heteroatoms. The van der Waals surface area contributed by atoms with Crippen LogP contribution in [0.25, 0.3) is 62.6 Å². The van der Waals surface area contributed by atoms with Crippen molar-refractivity contribution in [3.05, 3.63) is 199 Å². The van der Waals surface area contributed by atoms with Gasteiger partial charge in [0.2, 0.25) is 0 Å². The Balaban J connectivity index is 0.000000125. The van der Waals surface area contributed by atoms with Crippen LogP contribution in [0.2, 0.25) is 0 Å². The van der Waals surface area contributed by atoms with Crippen molar-refractivity contribution in [3.63, 3.8) is 0 Å². The summed E-state index contributed by atoms with van der Waals surface area (Å²) in [5, 5.41) is 8.94. The zero-order valence-electron chi connectivity index (χ0n) is 28.7. The number of rotatable bonds is 4. The highest BCUT2D eigenvalue weighted by atomic mass is 79.9. The van der Waals surface area contributed by atoms with Gasteiger partial charge in [0, 0.05) is 51.5 Å². The highest BCUT2D eigenvalue weighted by molar-refractivity contribution is 9.10. The summed E-state index contributed by atoms with van der Waals surface area (Å²) in [6, 6.07) is 67.3. The van der Waals surface area contributed by atoms with Crippen LogP contribution in [0.1, 0.15) is 0 Å². The van der Waals surface area contributed by atoms with Crippen molar-refractivity contribution in [1.29, 1.82) is 0 Å². The first-order valence-corrected chi connectivity index (χ1v) is 19.8. The Labute approximate surface area is 325 Å². The number of fused-ring (bicyclic) bond motifs is 6. The fraction of sp³-hybridized carbons (Fsp3) is 0. The van der Waals surface area contributed by atoms with Crippen molar-refractivity contribution in [2.45, 2.75) is 0 Å². The van der Waals surface area contributed by atoms with Gasteiger partial charge in [-0.3, -0.25) is 0 Å². The van der Waals surface area contributed by atoms with E-state index in [4.69, 9.17) is 5.73 Å². The predicted molar refractivity (Wildman–Crippen MR) is 238 cm³/mol. The lowest BCUT2D eigenvalue weighted by molar-refractivity contribution is 1.57. The lowest BCUT2D eigenvalue weighted by Gasteiger charge is -2.09. The van der Waals surface area contributed by atoms with Gasteiger partial charge in [-0.2, -0.15) is 0 Å². The maximum absolute atomic E-state index is 5.60. The summed E-state index contributed by atoms with van der Waals surface area (Å²) in [5.74, 6) is 0. The molecule has 10 rings (SSSR count). The molecule has 0 aliphatic rings. The van der Waals surface area contributed by atoms with Crippen molar-refractivity contribution in [1.82, 2.24) is 0 Å². The molecule has 8 aromatic carbocycles. The van der Waals surface area contributed by atoms with Gasteiger partial charge < -0.3 is 11.1 Å². The maximum Gasteiger partial charge on any atom is 0.0590 e. The number of nitrogen functional groups attached to an aromatic ring is 1. The molecule has 0 spiro atoms. The average molecular weight is 784 g/mol. The molecule has 53 heavy (non-hydrogen) atoms. The van der Waals surface area contributed by atoms with Gasteiger partial charge >= 0.3 is 0 Å². The van der Waals surface area contributed by atoms with Gasteiger partial charge in [0.1, 0.15) is 0 Å². The van der Waals surface area contributed by atoms with Crippen molar-refractivity contribution >= 4 is 96.0 Å². The summed E-state index contributed by atoms with van der Waals surface area (Å²) in [6.07, 6.45) is 0. The van der Waals surface area contributed by atoms with Gasteiger partial charge in [0.15, 0.2) is 0 Å². The summed E-state index contributed by atoms with van der Waals surface area (Å²) in [7, 11) is 0. The third-order valence-corrected chi connectivity index (χ3v) is 12.4. The first-order valence-electron chi connectivity index (χ1n) is 17.4. The van der Waals surface area contributed by atoms with Crippen LogP contribution in [-0.4, -0.2) is 0 Å². The summed E-state index contributed by atoms with van der Waals surface area (Å²) >= 11 is 7.27. The molecule has 2 heterocycles. The number of hydrogen-bond donors (Lipinski definition) is 2. The third-order valence-electron chi connectivity index (χ3n) is 9.05. The SMILES string of the molecule is Brc1cccc2c1sc1ccccc12.Nc1ccc(-c2ccccc2)cc1.c1ccc(-c2ccc(Nc3cccc4c3sc3ccccc34)cc2)cc1. The second kappa shape index (κ2) is 15.9. The van der Waals surface area contributed by atoms with E-state index in [0.29, 0.717) is 0 Å². The molecule has 0 saturated heterocycles. The summed E-state index contributed by atoms with van der Waals surface area (Å²) in [5.41, 5.74) is 13.6. The van der Waals surface area contributed by atoms with E-state index in [1.54, 1.807) is 0 Å². The number of thiophene rings is 2. The first-order chi connectivity index (χ1) is 26.1. The van der Waals surface area contributed by atoms with E-state index in [2.05, 4.69) is 167 Å². The normalized spacial score (nSPS) is 10.8. The molecule has 10 aromatic rings. The van der Waals surface area contributed by atoms with Crippen molar-refractivity contribution in [3.8, 4) is 22.3 Å². The third kappa shape index (κ3) is 7.74. The quantitative estimate of drug-likeness (QED) is 0.175. The van der Waals surface area contributed by atoms with Gasteiger partial charge in [-0.25, -0.2) is 0 Å². The molecule has 0 amide bonds. The molecule has 0 aliphatic heterocycles. The Bertz CT molecular complexity index is 2750. The van der Waals surface area contributed by atoms with E-state index >= 15 is 0 Å². The Morgan fingerprint density at radius 3 is 1.40 bits per heavy atom. The van der Waals surface area contributed by atoms with Gasteiger partial charge in [-0.05, 0) is 86.7 Å². The molecule has 0 atom stereocenters. The fourth-order valence-corrected chi connectivity index (χ4v) is 9.29. The molecule has 256 valence electrons. The minimum absolute atomic E-state index is 0.805. The second-order valence-corrected chi connectivity index (χ2v) is 15.5. The number of benzene rings is 8. The number of anilines is 3. The minimum atomic E-state index is 0.805. The summed E-state index contributed by atoms with van der Waals surface area (Å²) < 4.78 is 6.52. The Hall–Kier alpha value is -5.72. The zero-order valence-corrected chi connectivity index (χ0v) is 32.0. The molecular weight excluding hydrogens is 749 g/mol. The van der Waals surface area contributed by atoms with Gasteiger partial charge in [-0.1, -0.05) is 146 Å². The average Bonchev–Trinajstić information content (AvgIpc) is 3.80.